The number of hydrogen-bond donors (Lipinski definition) is 2. The highest BCUT2D eigenvalue weighted by atomic mass is 35.5. The third-order valence-electron chi connectivity index (χ3n) is 4.14. The average molecular weight is 397 g/mol. The van der Waals surface area contributed by atoms with Crippen LogP contribution in [0.15, 0.2) is 78.9 Å². The summed E-state index contributed by atoms with van der Waals surface area (Å²) in [5.41, 5.74) is 1.31. The fourth-order valence-electron chi connectivity index (χ4n) is 2.75. The number of carbonyl (C=O) groups is 2. The quantitative estimate of drug-likeness (QED) is 0.617. The molecule has 0 heterocycles. The van der Waals surface area contributed by atoms with Crippen LogP contribution in [0.5, 0.6) is 0 Å². The average Bonchev–Trinajstić information content (AvgIpc) is 2.71. The van der Waals surface area contributed by atoms with Crippen molar-refractivity contribution in [1.29, 1.82) is 0 Å². The summed E-state index contributed by atoms with van der Waals surface area (Å²) >= 11 is 5.73. The van der Waals surface area contributed by atoms with Crippen molar-refractivity contribution in [2.75, 3.05) is 5.32 Å². The summed E-state index contributed by atoms with van der Waals surface area (Å²) in [7, 11) is 0. The van der Waals surface area contributed by atoms with Crippen LogP contribution in [0.3, 0.4) is 0 Å². The third kappa shape index (κ3) is 5.18. The van der Waals surface area contributed by atoms with E-state index < -0.39 is 17.8 Å². The van der Waals surface area contributed by atoms with Gasteiger partial charge >= 0.3 is 0 Å². The molecular weight excluding hydrogens is 379 g/mol. The lowest BCUT2D eigenvalue weighted by molar-refractivity contribution is -0.116. The van der Waals surface area contributed by atoms with Gasteiger partial charge in [-0.2, -0.15) is 0 Å². The minimum absolute atomic E-state index is 0.0376. The second-order valence-electron chi connectivity index (χ2n) is 6.18. The van der Waals surface area contributed by atoms with E-state index in [0.717, 1.165) is 11.6 Å². The number of anilines is 1. The van der Waals surface area contributed by atoms with E-state index in [1.54, 1.807) is 24.3 Å². The van der Waals surface area contributed by atoms with E-state index in [-0.39, 0.29) is 23.0 Å². The lowest BCUT2D eigenvalue weighted by Gasteiger charge is -2.19. The Morgan fingerprint density at radius 2 is 1.57 bits per heavy atom. The molecule has 2 N–H and O–H groups in total. The summed E-state index contributed by atoms with van der Waals surface area (Å²) in [6, 6.07) is 21.3. The number of nitrogens with one attached hydrogen (secondary N) is 2. The van der Waals surface area contributed by atoms with Gasteiger partial charge in [-0.3, -0.25) is 9.59 Å². The van der Waals surface area contributed by atoms with Crippen molar-refractivity contribution in [1.82, 2.24) is 5.32 Å². The fourth-order valence-corrected chi connectivity index (χ4v) is 2.90. The van der Waals surface area contributed by atoms with Crippen molar-refractivity contribution in [2.45, 2.75) is 12.5 Å². The molecule has 142 valence electrons. The van der Waals surface area contributed by atoms with Crippen LogP contribution in [0.1, 0.15) is 28.4 Å². The van der Waals surface area contributed by atoms with E-state index in [1.165, 1.54) is 12.1 Å². The summed E-state index contributed by atoms with van der Waals surface area (Å²) in [6.45, 7) is 0. The van der Waals surface area contributed by atoms with Gasteiger partial charge in [-0.05, 0) is 35.9 Å². The molecule has 0 aliphatic carbocycles. The zero-order valence-corrected chi connectivity index (χ0v) is 15.6. The zero-order chi connectivity index (χ0) is 19.9. The van der Waals surface area contributed by atoms with E-state index in [4.69, 9.17) is 11.6 Å². The minimum Gasteiger partial charge on any atom is -0.345 e. The van der Waals surface area contributed by atoms with E-state index in [1.807, 2.05) is 36.4 Å². The summed E-state index contributed by atoms with van der Waals surface area (Å²) in [4.78, 5) is 25.0. The normalized spacial score (nSPS) is 11.5. The van der Waals surface area contributed by atoms with Crippen LogP contribution in [0.4, 0.5) is 10.1 Å². The highest BCUT2D eigenvalue weighted by molar-refractivity contribution is 6.30. The Morgan fingerprint density at radius 3 is 2.21 bits per heavy atom. The lowest BCUT2D eigenvalue weighted by Crippen LogP contribution is -2.31. The van der Waals surface area contributed by atoms with Crippen LogP contribution >= 0.6 is 11.6 Å². The number of halogens is 2. The Labute approximate surface area is 167 Å². The van der Waals surface area contributed by atoms with Crippen molar-refractivity contribution in [3.05, 3.63) is 101 Å². The number of rotatable bonds is 6. The predicted octanol–water partition coefficient (Wildman–Crippen LogP) is 4.98. The maximum atomic E-state index is 13.9. The van der Waals surface area contributed by atoms with Gasteiger partial charge in [-0.1, -0.05) is 60.1 Å². The largest absolute Gasteiger partial charge is 0.345 e. The topological polar surface area (TPSA) is 58.2 Å². The highest BCUT2D eigenvalue weighted by Crippen LogP contribution is 2.22. The van der Waals surface area contributed by atoms with Gasteiger partial charge in [0.15, 0.2) is 0 Å². The Morgan fingerprint density at radius 1 is 0.929 bits per heavy atom. The maximum absolute atomic E-state index is 13.9. The molecule has 1 atom stereocenters. The highest BCUT2D eigenvalue weighted by Gasteiger charge is 2.20. The van der Waals surface area contributed by atoms with Crippen LogP contribution in [0.2, 0.25) is 5.02 Å². The zero-order valence-electron chi connectivity index (χ0n) is 14.9. The van der Waals surface area contributed by atoms with E-state index >= 15 is 0 Å². The first kappa shape index (κ1) is 19.6. The molecule has 0 aliphatic heterocycles. The maximum Gasteiger partial charge on any atom is 0.251 e. The molecule has 0 unspecified atom stereocenters. The van der Waals surface area contributed by atoms with Crippen molar-refractivity contribution in [3.8, 4) is 0 Å². The van der Waals surface area contributed by atoms with Gasteiger partial charge in [-0.25, -0.2) is 4.39 Å². The first-order chi connectivity index (χ1) is 13.5. The standard InChI is InChI=1S/C22H18ClFN2O2/c23-17-11-12-19(18(24)13-17)25-21(27)14-20(15-7-3-1-4-8-15)26-22(28)16-9-5-2-6-10-16/h1-13,20H,14H2,(H,25,27)(H,26,28)/t20-/m0/s1. The molecule has 3 aromatic rings. The van der Waals surface area contributed by atoms with Crippen molar-refractivity contribution < 1.29 is 14.0 Å². The van der Waals surface area contributed by atoms with E-state index in [0.29, 0.717) is 5.56 Å². The number of hydrogen-bond acceptors (Lipinski definition) is 2. The van der Waals surface area contributed by atoms with Crippen LogP contribution in [-0.2, 0) is 4.79 Å². The molecule has 0 bridgehead atoms. The smallest absolute Gasteiger partial charge is 0.251 e. The SMILES string of the molecule is O=C(C[C@H](NC(=O)c1ccccc1)c1ccccc1)Nc1ccc(Cl)cc1F. The van der Waals surface area contributed by atoms with Crippen LogP contribution in [0.25, 0.3) is 0 Å². The number of benzene rings is 3. The second kappa shape index (κ2) is 9.15. The molecule has 0 fully saturated rings. The predicted molar refractivity (Wildman–Crippen MR) is 108 cm³/mol. The molecule has 28 heavy (non-hydrogen) atoms. The molecule has 3 rings (SSSR count). The summed E-state index contributed by atoms with van der Waals surface area (Å²) in [5, 5.41) is 5.65. The van der Waals surface area contributed by atoms with Crippen LogP contribution < -0.4 is 10.6 Å². The van der Waals surface area contributed by atoms with Crippen molar-refractivity contribution >= 4 is 29.1 Å². The molecule has 0 saturated heterocycles. The molecule has 6 heteroatoms. The van der Waals surface area contributed by atoms with Crippen molar-refractivity contribution in [2.24, 2.45) is 0 Å². The van der Waals surface area contributed by atoms with Gasteiger partial charge < -0.3 is 10.6 Å². The molecular formula is C22H18ClFN2O2. The molecule has 0 saturated carbocycles. The van der Waals surface area contributed by atoms with Crippen LogP contribution in [-0.4, -0.2) is 11.8 Å². The van der Waals surface area contributed by atoms with E-state index in [9.17, 15) is 14.0 Å². The minimum atomic E-state index is -0.620. The second-order valence-corrected chi connectivity index (χ2v) is 6.62. The van der Waals surface area contributed by atoms with E-state index in [2.05, 4.69) is 10.6 Å². The Bertz CT molecular complexity index is 965. The molecule has 3 aromatic carbocycles. The van der Waals surface area contributed by atoms with Gasteiger partial charge in [0.05, 0.1) is 18.2 Å². The van der Waals surface area contributed by atoms with Gasteiger partial charge in [0.1, 0.15) is 5.82 Å². The van der Waals surface area contributed by atoms with Gasteiger partial charge in [0.25, 0.3) is 5.91 Å². The summed E-state index contributed by atoms with van der Waals surface area (Å²) in [6.07, 6.45) is -0.0509. The van der Waals surface area contributed by atoms with Crippen LogP contribution in [0, 0.1) is 5.82 Å². The molecule has 0 aromatic heterocycles. The summed E-state index contributed by atoms with van der Waals surface area (Å²) < 4.78 is 13.9. The third-order valence-corrected chi connectivity index (χ3v) is 4.37. The fraction of sp³-hybridized carbons (Fsp3) is 0.0909. The number of amides is 2. The van der Waals surface area contributed by atoms with Gasteiger partial charge in [-0.15, -0.1) is 0 Å². The Kier molecular flexibility index (Phi) is 6.40. The Hall–Kier alpha value is -3.18. The van der Waals surface area contributed by atoms with Gasteiger partial charge in [0, 0.05) is 10.6 Å². The lowest BCUT2D eigenvalue weighted by atomic mass is 10.0. The molecule has 0 radical (unpaired) electrons. The molecule has 4 nitrogen and oxygen atoms in total. The first-order valence-corrected chi connectivity index (χ1v) is 9.06. The molecule has 0 spiro atoms. The first-order valence-electron chi connectivity index (χ1n) is 8.68. The number of carbonyl (C=O) groups excluding carboxylic acids is 2. The monoisotopic (exact) mass is 396 g/mol. The Balaban J connectivity index is 1.75. The van der Waals surface area contributed by atoms with Gasteiger partial charge in [0.2, 0.25) is 5.91 Å². The van der Waals surface area contributed by atoms with Crippen molar-refractivity contribution in [3.63, 3.8) is 0 Å². The molecule has 0 aliphatic rings. The molecule has 2 amide bonds. The summed E-state index contributed by atoms with van der Waals surface area (Å²) in [5.74, 6) is -1.34.